The molecule has 3 nitrogen and oxygen atoms in total. The molecule has 0 atom stereocenters. The second-order valence-corrected chi connectivity index (χ2v) is 6.44. The highest BCUT2D eigenvalue weighted by Gasteiger charge is 2.36. The molecule has 0 aliphatic carbocycles. The number of halogens is 4. The van der Waals surface area contributed by atoms with Crippen molar-refractivity contribution in [2.45, 2.75) is 39.8 Å². The van der Waals surface area contributed by atoms with E-state index < -0.39 is 23.5 Å². The maximum atomic E-state index is 14.5. The minimum atomic E-state index is -4.85. The predicted octanol–water partition coefficient (Wildman–Crippen LogP) is 5.63. The first-order valence-corrected chi connectivity index (χ1v) is 8.79. The monoisotopic (exact) mass is 398 g/mol. The van der Waals surface area contributed by atoms with Crippen molar-refractivity contribution in [3.05, 3.63) is 52.3 Å². The molecule has 0 aromatic heterocycles. The molecular weight excluding hydrogens is 376 g/mol. The summed E-state index contributed by atoms with van der Waals surface area (Å²) in [6, 6.07) is 5.59. The van der Waals surface area contributed by atoms with Crippen LogP contribution >= 0.6 is 0 Å². The average Bonchev–Trinajstić information content (AvgIpc) is 2.60. The van der Waals surface area contributed by atoms with Crippen molar-refractivity contribution in [3.63, 3.8) is 0 Å². The maximum Gasteiger partial charge on any atom is 0.419 e. The van der Waals surface area contributed by atoms with Crippen molar-refractivity contribution in [3.8, 4) is 16.9 Å². The molecule has 0 aliphatic rings. The predicted molar refractivity (Wildman–Crippen MR) is 97.8 cm³/mol. The van der Waals surface area contributed by atoms with Crippen LogP contribution in [0.15, 0.2) is 24.3 Å². The van der Waals surface area contributed by atoms with Crippen LogP contribution in [-0.2, 0) is 22.1 Å². The molecule has 0 heterocycles. The SMILES string of the molecule is CCOC(=O)CCc1cc(-c2c(C)cc(OC)cc2C)cc(C(F)(F)F)c1F. The fraction of sp³-hybridized carbons (Fsp3) is 0.381. The number of carbonyl (C=O) groups excluding carboxylic acids is 1. The minimum absolute atomic E-state index is 0.152. The zero-order chi connectivity index (χ0) is 21.1. The van der Waals surface area contributed by atoms with E-state index in [2.05, 4.69) is 0 Å². The van der Waals surface area contributed by atoms with E-state index in [1.165, 1.54) is 13.2 Å². The molecule has 0 radical (unpaired) electrons. The number of esters is 1. The molecule has 0 unspecified atom stereocenters. The van der Waals surface area contributed by atoms with Crippen molar-refractivity contribution in [1.82, 2.24) is 0 Å². The molecule has 0 bridgehead atoms. The zero-order valence-corrected chi connectivity index (χ0v) is 16.2. The molecule has 28 heavy (non-hydrogen) atoms. The summed E-state index contributed by atoms with van der Waals surface area (Å²) in [4.78, 5) is 11.6. The zero-order valence-electron chi connectivity index (χ0n) is 16.2. The molecule has 0 aliphatic heterocycles. The van der Waals surface area contributed by atoms with Crippen molar-refractivity contribution in [2.24, 2.45) is 0 Å². The van der Waals surface area contributed by atoms with Gasteiger partial charge in [0.2, 0.25) is 0 Å². The van der Waals surface area contributed by atoms with Gasteiger partial charge >= 0.3 is 12.1 Å². The second kappa shape index (κ2) is 8.63. The van der Waals surface area contributed by atoms with E-state index in [0.29, 0.717) is 22.4 Å². The topological polar surface area (TPSA) is 35.5 Å². The Morgan fingerprint density at radius 1 is 1.07 bits per heavy atom. The summed E-state index contributed by atoms with van der Waals surface area (Å²) in [5.74, 6) is -1.36. The molecule has 0 saturated heterocycles. The van der Waals surface area contributed by atoms with Crippen LogP contribution in [0.1, 0.15) is 35.6 Å². The Labute approximate surface area is 161 Å². The average molecular weight is 398 g/mol. The number of rotatable bonds is 6. The largest absolute Gasteiger partial charge is 0.497 e. The normalized spacial score (nSPS) is 11.4. The van der Waals surface area contributed by atoms with Gasteiger partial charge in [0.25, 0.3) is 0 Å². The van der Waals surface area contributed by atoms with E-state index >= 15 is 0 Å². The first-order valence-electron chi connectivity index (χ1n) is 8.79. The van der Waals surface area contributed by atoms with Crippen LogP contribution < -0.4 is 4.74 Å². The van der Waals surface area contributed by atoms with Crippen LogP contribution in [0.2, 0.25) is 0 Å². The Bertz CT molecular complexity index is 850. The van der Waals surface area contributed by atoms with E-state index in [9.17, 15) is 22.4 Å². The van der Waals surface area contributed by atoms with Gasteiger partial charge in [0.15, 0.2) is 0 Å². The quantitative estimate of drug-likeness (QED) is 0.467. The molecule has 0 N–H and O–H groups in total. The number of alkyl halides is 3. The molecule has 0 saturated carbocycles. The number of benzene rings is 2. The van der Waals surface area contributed by atoms with Gasteiger partial charge in [-0.15, -0.1) is 0 Å². The summed E-state index contributed by atoms with van der Waals surface area (Å²) >= 11 is 0. The summed E-state index contributed by atoms with van der Waals surface area (Å²) in [6.07, 6.45) is -5.24. The van der Waals surface area contributed by atoms with Gasteiger partial charge in [0, 0.05) is 6.42 Å². The summed E-state index contributed by atoms with van der Waals surface area (Å²) in [5, 5.41) is 0. The fourth-order valence-electron chi connectivity index (χ4n) is 3.18. The number of methoxy groups -OCH3 is 1. The Hall–Kier alpha value is -2.57. The third-order valence-electron chi connectivity index (χ3n) is 4.39. The first kappa shape index (κ1) is 21.7. The van der Waals surface area contributed by atoms with Gasteiger partial charge in [-0.05, 0) is 79.3 Å². The summed E-state index contributed by atoms with van der Waals surface area (Å²) in [5.41, 5.74) is 0.695. The van der Waals surface area contributed by atoms with Crippen LogP contribution in [0, 0.1) is 19.7 Å². The minimum Gasteiger partial charge on any atom is -0.497 e. The Balaban J connectivity index is 2.59. The second-order valence-electron chi connectivity index (χ2n) is 6.44. The van der Waals surface area contributed by atoms with Gasteiger partial charge in [-0.1, -0.05) is 0 Å². The third-order valence-corrected chi connectivity index (χ3v) is 4.39. The highest BCUT2D eigenvalue weighted by molar-refractivity contribution is 5.74. The van der Waals surface area contributed by atoms with Crippen LogP contribution in [0.3, 0.4) is 0 Å². The van der Waals surface area contributed by atoms with Crippen LogP contribution in [0.5, 0.6) is 5.75 Å². The number of hydrogen-bond donors (Lipinski definition) is 0. The number of aryl methyl sites for hydroxylation is 3. The lowest BCUT2D eigenvalue weighted by molar-refractivity contribution is -0.143. The van der Waals surface area contributed by atoms with Gasteiger partial charge in [0.05, 0.1) is 19.3 Å². The van der Waals surface area contributed by atoms with E-state index in [4.69, 9.17) is 9.47 Å². The molecule has 7 heteroatoms. The maximum absolute atomic E-state index is 14.5. The van der Waals surface area contributed by atoms with E-state index in [1.54, 1.807) is 32.9 Å². The molecule has 2 rings (SSSR count). The molecule has 0 amide bonds. The molecule has 0 spiro atoms. The first-order chi connectivity index (χ1) is 13.1. The summed E-state index contributed by atoms with van der Waals surface area (Å²) in [7, 11) is 1.50. The van der Waals surface area contributed by atoms with Crippen LogP contribution in [0.4, 0.5) is 17.6 Å². The summed E-state index contributed by atoms with van der Waals surface area (Å²) in [6.45, 7) is 5.27. The van der Waals surface area contributed by atoms with E-state index in [1.807, 2.05) is 0 Å². The van der Waals surface area contributed by atoms with Crippen LogP contribution in [0.25, 0.3) is 11.1 Å². The molecule has 2 aromatic rings. The third kappa shape index (κ3) is 4.82. The van der Waals surface area contributed by atoms with Gasteiger partial charge in [-0.3, -0.25) is 4.79 Å². The Morgan fingerprint density at radius 2 is 1.68 bits per heavy atom. The van der Waals surface area contributed by atoms with Gasteiger partial charge in [-0.25, -0.2) is 4.39 Å². The van der Waals surface area contributed by atoms with E-state index in [0.717, 1.165) is 6.07 Å². The van der Waals surface area contributed by atoms with Gasteiger partial charge < -0.3 is 9.47 Å². The Kier molecular flexibility index (Phi) is 6.69. The highest BCUT2D eigenvalue weighted by atomic mass is 19.4. The lowest BCUT2D eigenvalue weighted by Crippen LogP contribution is -2.12. The van der Waals surface area contributed by atoms with E-state index in [-0.39, 0.29) is 30.6 Å². The number of carbonyl (C=O) groups is 1. The lowest BCUT2D eigenvalue weighted by atomic mass is 9.91. The molecule has 152 valence electrons. The summed E-state index contributed by atoms with van der Waals surface area (Å²) < 4.78 is 64.7. The van der Waals surface area contributed by atoms with Gasteiger partial charge in [-0.2, -0.15) is 13.2 Å². The van der Waals surface area contributed by atoms with Crippen LogP contribution in [-0.4, -0.2) is 19.7 Å². The molecular formula is C21H22F4O3. The smallest absolute Gasteiger partial charge is 0.419 e. The van der Waals surface area contributed by atoms with Crippen molar-refractivity contribution < 1.29 is 31.8 Å². The Morgan fingerprint density at radius 3 is 2.18 bits per heavy atom. The van der Waals surface area contributed by atoms with Crippen molar-refractivity contribution >= 4 is 5.97 Å². The highest BCUT2D eigenvalue weighted by Crippen LogP contribution is 2.38. The lowest BCUT2D eigenvalue weighted by Gasteiger charge is -2.17. The fourth-order valence-corrected chi connectivity index (χ4v) is 3.18. The van der Waals surface area contributed by atoms with Crippen molar-refractivity contribution in [2.75, 3.05) is 13.7 Å². The standard InChI is InChI=1S/C21H22F4O3/c1-5-28-18(26)7-6-14-10-15(11-17(20(14)22)21(23,24)25)19-12(2)8-16(27-4)9-13(19)3/h8-11H,5-7H2,1-4H3. The number of hydrogen-bond acceptors (Lipinski definition) is 3. The number of ether oxygens (including phenoxy) is 2. The molecule has 2 aromatic carbocycles. The molecule has 0 fully saturated rings. The van der Waals surface area contributed by atoms with Crippen molar-refractivity contribution in [1.29, 1.82) is 0 Å². The van der Waals surface area contributed by atoms with Gasteiger partial charge in [0.1, 0.15) is 11.6 Å².